The topological polar surface area (TPSA) is 51.2 Å². The molecule has 0 radical (unpaired) electrons. The molecule has 9 heteroatoms. The van der Waals surface area contributed by atoms with E-state index in [9.17, 15) is 18.0 Å². The van der Waals surface area contributed by atoms with E-state index in [1.807, 2.05) is 0 Å². The van der Waals surface area contributed by atoms with Crippen molar-refractivity contribution >= 4 is 29.1 Å². The maximum absolute atomic E-state index is 12.1. The summed E-state index contributed by atoms with van der Waals surface area (Å²) in [5.74, 6) is -0.481. The minimum atomic E-state index is -4.35. The van der Waals surface area contributed by atoms with Gasteiger partial charge >= 0.3 is 6.18 Å². The first-order chi connectivity index (χ1) is 11.7. The van der Waals surface area contributed by atoms with Crippen LogP contribution in [-0.4, -0.2) is 23.7 Å². The molecule has 25 heavy (non-hydrogen) atoms. The third kappa shape index (κ3) is 6.53. The molecule has 4 nitrogen and oxygen atoms in total. The van der Waals surface area contributed by atoms with E-state index >= 15 is 0 Å². The van der Waals surface area contributed by atoms with Gasteiger partial charge < -0.3 is 10.1 Å². The Morgan fingerprint density at radius 3 is 2.36 bits per heavy atom. The Hall–Kier alpha value is -1.83. The van der Waals surface area contributed by atoms with Crippen LogP contribution < -0.4 is 5.32 Å². The number of rotatable bonds is 6. The van der Waals surface area contributed by atoms with E-state index in [0.29, 0.717) is 5.56 Å². The van der Waals surface area contributed by atoms with Gasteiger partial charge in [-0.3, -0.25) is 4.79 Å². The number of amides is 1. The van der Waals surface area contributed by atoms with Crippen LogP contribution in [-0.2, 0) is 17.9 Å². The van der Waals surface area contributed by atoms with Gasteiger partial charge in [-0.2, -0.15) is 13.2 Å². The average Bonchev–Trinajstić information content (AvgIpc) is 2.55. The van der Waals surface area contributed by atoms with Crippen molar-refractivity contribution in [2.75, 3.05) is 6.61 Å². The number of benzene rings is 1. The van der Waals surface area contributed by atoms with Crippen molar-refractivity contribution in [3.8, 4) is 0 Å². The van der Waals surface area contributed by atoms with Crippen molar-refractivity contribution in [3.63, 3.8) is 0 Å². The van der Waals surface area contributed by atoms with Crippen LogP contribution >= 0.6 is 23.2 Å². The van der Waals surface area contributed by atoms with Gasteiger partial charge in [0, 0.05) is 6.54 Å². The summed E-state index contributed by atoms with van der Waals surface area (Å²) >= 11 is 11.6. The molecule has 1 heterocycles. The molecule has 1 N–H and O–H groups in total. The highest BCUT2D eigenvalue weighted by Crippen LogP contribution is 2.17. The number of alkyl halides is 3. The number of nitrogens with one attached hydrogen (secondary N) is 1. The van der Waals surface area contributed by atoms with E-state index in [-0.39, 0.29) is 29.0 Å². The number of ether oxygens (including phenoxy) is 1. The van der Waals surface area contributed by atoms with Crippen molar-refractivity contribution in [1.82, 2.24) is 10.3 Å². The van der Waals surface area contributed by atoms with Gasteiger partial charge in [0.1, 0.15) is 17.5 Å². The molecule has 134 valence electrons. The molecule has 2 aromatic rings. The van der Waals surface area contributed by atoms with Crippen LogP contribution in [0.2, 0.25) is 10.2 Å². The smallest absolute Gasteiger partial charge is 0.367 e. The SMILES string of the molecule is O=C(NCc1ccc(COCC(F)(F)F)cc1)c1nc(Cl)ccc1Cl. The highest BCUT2D eigenvalue weighted by molar-refractivity contribution is 6.34. The van der Waals surface area contributed by atoms with Gasteiger partial charge in [-0.25, -0.2) is 4.98 Å². The second kappa shape index (κ2) is 8.51. The summed E-state index contributed by atoms with van der Waals surface area (Å²) in [5, 5.41) is 2.97. The summed E-state index contributed by atoms with van der Waals surface area (Å²) in [7, 11) is 0. The van der Waals surface area contributed by atoms with Gasteiger partial charge in [-0.15, -0.1) is 0 Å². The summed E-state index contributed by atoms with van der Waals surface area (Å²) in [5.41, 5.74) is 1.37. The maximum atomic E-state index is 12.1. The van der Waals surface area contributed by atoms with Crippen LogP contribution in [0.15, 0.2) is 36.4 Å². The predicted octanol–water partition coefficient (Wildman–Crippen LogP) is 4.40. The summed E-state index contributed by atoms with van der Waals surface area (Å²) in [6.07, 6.45) is -4.35. The van der Waals surface area contributed by atoms with Gasteiger partial charge in [-0.1, -0.05) is 47.5 Å². The standard InChI is InChI=1S/C16H13Cl2F3N2O2/c17-12-5-6-13(18)23-14(12)15(24)22-7-10-1-3-11(4-2-10)8-25-9-16(19,20)21/h1-6H,7-9H2,(H,22,24). The Balaban J connectivity index is 1.87. The van der Waals surface area contributed by atoms with Gasteiger partial charge in [0.15, 0.2) is 0 Å². The lowest BCUT2D eigenvalue weighted by Gasteiger charge is -2.09. The second-order valence-corrected chi connectivity index (χ2v) is 5.87. The molecular formula is C16H13Cl2F3N2O2. The maximum Gasteiger partial charge on any atom is 0.411 e. The van der Waals surface area contributed by atoms with Crippen LogP contribution in [0.25, 0.3) is 0 Å². The molecular weight excluding hydrogens is 380 g/mol. The quantitative estimate of drug-likeness (QED) is 0.741. The molecule has 0 atom stereocenters. The Labute approximate surface area is 151 Å². The van der Waals surface area contributed by atoms with E-state index < -0.39 is 18.7 Å². The Morgan fingerprint density at radius 1 is 1.08 bits per heavy atom. The van der Waals surface area contributed by atoms with E-state index in [0.717, 1.165) is 5.56 Å². The molecule has 0 spiro atoms. The van der Waals surface area contributed by atoms with Crippen molar-refractivity contribution in [2.24, 2.45) is 0 Å². The first kappa shape index (κ1) is 19.5. The highest BCUT2D eigenvalue weighted by atomic mass is 35.5. The van der Waals surface area contributed by atoms with E-state index in [1.54, 1.807) is 24.3 Å². The Bertz CT molecular complexity index is 737. The van der Waals surface area contributed by atoms with Crippen molar-refractivity contribution in [1.29, 1.82) is 0 Å². The summed E-state index contributed by atoms with van der Waals surface area (Å²) in [4.78, 5) is 15.9. The Kier molecular flexibility index (Phi) is 6.64. The van der Waals surface area contributed by atoms with Crippen LogP contribution in [0.3, 0.4) is 0 Å². The Morgan fingerprint density at radius 2 is 1.72 bits per heavy atom. The number of carbonyl (C=O) groups excluding carboxylic acids is 1. The van der Waals surface area contributed by atoms with E-state index in [2.05, 4.69) is 15.0 Å². The molecule has 0 aliphatic rings. The first-order valence-corrected chi connectivity index (χ1v) is 7.83. The van der Waals surface area contributed by atoms with Gasteiger partial charge in [0.05, 0.1) is 11.6 Å². The fourth-order valence-corrected chi connectivity index (χ4v) is 2.22. The molecule has 0 saturated carbocycles. The number of halogens is 5. The molecule has 0 aliphatic heterocycles. The fourth-order valence-electron chi connectivity index (χ4n) is 1.88. The predicted molar refractivity (Wildman–Crippen MR) is 87.6 cm³/mol. The van der Waals surface area contributed by atoms with Crippen LogP contribution in [0.1, 0.15) is 21.6 Å². The molecule has 0 unspecified atom stereocenters. The number of hydrogen-bond donors (Lipinski definition) is 1. The molecule has 1 aromatic heterocycles. The lowest BCUT2D eigenvalue weighted by atomic mass is 10.1. The second-order valence-electron chi connectivity index (χ2n) is 5.07. The minimum Gasteiger partial charge on any atom is -0.367 e. The van der Waals surface area contributed by atoms with Crippen LogP contribution in [0.4, 0.5) is 13.2 Å². The summed E-state index contributed by atoms with van der Waals surface area (Å²) in [6.45, 7) is -1.24. The van der Waals surface area contributed by atoms with E-state index in [4.69, 9.17) is 23.2 Å². The van der Waals surface area contributed by atoms with Crippen molar-refractivity contribution in [2.45, 2.75) is 19.3 Å². The van der Waals surface area contributed by atoms with Gasteiger partial charge in [0.25, 0.3) is 5.91 Å². The lowest BCUT2D eigenvalue weighted by molar-refractivity contribution is -0.176. The summed E-state index contributed by atoms with van der Waals surface area (Å²) in [6, 6.07) is 9.56. The molecule has 0 fully saturated rings. The molecule has 0 saturated heterocycles. The largest absolute Gasteiger partial charge is 0.411 e. The number of aromatic nitrogens is 1. The van der Waals surface area contributed by atoms with Crippen molar-refractivity contribution < 1.29 is 22.7 Å². The van der Waals surface area contributed by atoms with Crippen molar-refractivity contribution in [3.05, 3.63) is 63.4 Å². The lowest BCUT2D eigenvalue weighted by Crippen LogP contribution is -2.24. The van der Waals surface area contributed by atoms with Gasteiger partial charge in [-0.05, 0) is 23.3 Å². The first-order valence-electron chi connectivity index (χ1n) is 7.07. The number of pyridine rings is 1. The molecule has 1 aromatic carbocycles. The average molecular weight is 393 g/mol. The molecule has 0 bridgehead atoms. The monoisotopic (exact) mass is 392 g/mol. The van der Waals surface area contributed by atoms with Crippen LogP contribution in [0.5, 0.6) is 0 Å². The minimum absolute atomic E-state index is 0.0198. The number of hydrogen-bond acceptors (Lipinski definition) is 3. The normalized spacial score (nSPS) is 11.4. The zero-order chi connectivity index (χ0) is 18.4. The molecule has 1 amide bonds. The number of carbonyl (C=O) groups is 1. The van der Waals surface area contributed by atoms with Gasteiger partial charge in [0.2, 0.25) is 0 Å². The fraction of sp³-hybridized carbons (Fsp3) is 0.250. The third-order valence-corrected chi connectivity index (χ3v) is 3.55. The summed E-state index contributed by atoms with van der Waals surface area (Å²) < 4.78 is 40.6. The molecule has 2 rings (SSSR count). The molecule has 0 aliphatic carbocycles. The zero-order valence-electron chi connectivity index (χ0n) is 12.7. The highest BCUT2D eigenvalue weighted by Gasteiger charge is 2.27. The number of nitrogens with zero attached hydrogens (tertiary/aromatic N) is 1. The van der Waals surface area contributed by atoms with Crippen LogP contribution in [0, 0.1) is 0 Å². The van der Waals surface area contributed by atoms with E-state index in [1.165, 1.54) is 12.1 Å². The third-order valence-electron chi connectivity index (χ3n) is 3.04. The zero-order valence-corrected chi connectivity index (χ0v) is 14.3.